The Morgan fingerprint density at radius 1 is 0.247 bits per heavy atom. The summed E-state index contributed by atoms with van der Waals surface area (Å²) >= 11 is 0. The van der Waals surface area contributed by atoms with E-state index < -0.39 is 24.1 Å². The van der Waals surface area contributed by atoms with Gasteiger partial charge in [0.05, 0.1) is 11.9 Å². The number of unbranched alkanes of at least 4 members (excludes halogenated alkanes) is 50. The second-order valence-electron chi connectivity index (χ2n) is 23.4. The Kier molecular flexibility index (Phi) is 71.2. The SMILES string of the molecule is CCCCCCCCCCCCCCCCC(OC(=O)CCCCCCCCCCCCCCC)C(=O)[O-].CCCCCCCCCCCCCCCCC(OC(=O)CCCCCCCCCCCCCCC)C(=O)[O-].[Zn+2]. The Morgan fingerprint density at radius 3 is 0.545 bits per heavy atom. The Labute approximate surface area is 492 Å². The van der Waals surface area contributed by atoms with E-state index in [1.807, 2.05) is 0 Å². The molecule has 77 heavy (non-hydrogen) atoms. The van der Waals surface area contributed by atoms with E-state index in [2.05, 4.69) is 27.7 Å². The molecule has 0 aromatic heterocycles. The number of ether oxygens (including phenoxy) is 2. The molecule has 0 aliphatic heterocycles. The largest absolute Gasteiger partial charge is 2.00 e. The van der Waals surface area contributed by atoms with E-state index in [-0.39, 0.29) is 31.4 Å². The molecule has 0 spiro atoms. The number of hydrogen-bond donors (Lipinski definition) is 0. The maximum Gasteiger partial charge on any atom is 2.00 e. The summed E-state index contributed by atoms with van der Waals surface area (Å²) in [5, 5.41) is 22.8. The fourth-order valence-corrected chi connectivity index (χ4v) is 10.5. The molecule has 0 N–H and O–H groups in total. The first-order valence-corrected chi connectivity index (χ1v) is 34.0. The van der Waals surface area contributed by atoms with Crippen LogP contribution in [0.3, 0.4) is 0 Å². The average molecular weight is 1140 g/mol. The minimum absolute atomic E-state index is 0. The molecule has 8 nitrogen and oxygen atoms in total. The van der Waals surface area contributed by atoms with Crippen LogP contribution in [0.4, 0.5) is 0 Å². The van der Waals surface area contributed by atoms with E-state index in [1.54, 1.807) is 0 Å². The van der Waals surface area contributed by atoms with E-state index in [9.17, 15) is 29.4 Å². The number of hydrogen-bond acceptors (Lipinski definition) is 8. The predicted molar refractivity (Wildman–Crippen MR) is 320 cm³/mol. The minimum atomic E-state index is -1.25. The van der Waals surface area contributed by atoms with E-state index in [4.69, 9.17) is 9.47 Å². The quantitative estimate of drug-likeness (QED) is 0.0334. The van der Waals surface area contributed by atoms with Crippen molar-refractivity contribution in [3.05, 3.63) is 0 Å². The Bertz CT molecular complexity index is 1110. The first-order chi connectivity index (χ1) is 37.2. The number of carboxylic acid groups (broad SMARTS) is 2. The maximum absolute atomic E-state index is 12.1. The summed E-state index contributed by atoms with van der Waals surface area (Å²) < 4.78 is 10.5. The Hall–Kier alpha value is -1.50. The summed E-state index contributed by atoms with van der Waals surface area (Å²) in [5.41, 5.74) is 0. The van der Waals surface area contributed by atoms with Crippen LogP contribution in [0.5, 0.6) is 0 Å². The zero-order valence-electron chi connectivity index (χ0n) is 52.1. The van der Waals surface area contributed by atoms with E-state index >= 15 is 0 Å². The molecular formula is C68H130O8Zn. The summed E-state index contributed by atoms with van der Waals surface area (Å²) in [6, 6.07) is 0. The van der Waals surface area contributed by atoms with Gasteiger partial charge in [-0.05, 0) is 38.5 Å². The molecular weight excluding hydrogens is 1010 g/mol. The number of carboxylic acids is 2. The molecule has 2 atom stereocenters. The molecule has 0 aromatic rings. The van der Waals surface area contributed by atoms with Crippen molar-refractivity contribution in [1.82, 2.24) is 0 Å². The molecule has 0 saturated heterocycles. The van der Waals surface area contributed by atoms with Gasteiger partial charge in [0.25, 0.3) is 0 Å². The van der Waals surface area contributed by atoms with Gasteiger partial charge in [0.1, 0.15) is 12.2 Å². The third-order valence-electron chi connectivity index (χ3n) is 15.7. The maximum atomic E-state index is 12.1. The van der Waals surface area contributed by atoms with E-state index in [1.165, 1.54) is 270 Å². The zero-order chi connectivity index (χ0) is 55.9. The van der Waals surface area contributed by atoms with Gasteiger partial charge in [-0.2, -0.15) is 0 Å². The Balaban J connectivity index is -0.00000140. The fourth-order valence-electron chi connectivity index (χ4n) is 10.5. The molecule has 0 aliphatic carbocycles. The van der Waals surface area contributed by atoms with Crippen molar-refractivity contribution < 1.29 is 58.3 Å². The predicted octanol–water partition coefficient (Wildman–Crippen LogP) is 20.0. The second-order valence-corrected chi connectivity index (χ2v) is 23.4. The van der Waals surface area contributed by atoms with Gasteiger partial charge in [-0.1, -0.05) is 349 Å². The first-order valence-electron chi connectivity index (χ1n) is 34.0. The topological polar surface area (TPSA) is 133 Å². The second kappa shape index (κ2) is 68.8. The van der Waals surface area contributed by atoms with Crippen molar-refractivity contribution in [3.63, 3.8) is 0 Å². The van der Waals surface area contributed by atoms with Crippen LogP contribution in [0, 0.1) is 0 Å². The molecule has 0 fully saturated rings. The van der Waals surface area contributed by atoms with Crippen molar-refractivity contribution in [1.29, 1.82) is 0 Å². The van der Waals surface area contributed by atoms with Crippen molar-refractivity contribution >= 4 is 23.9 Å². The minimum Gasteiger partial charge on any atom is -0.546 e. The fraction of sp³-hybridized carbons (Fsp3) is 0.941. The number of esters is 2. The van der Waals surface area contributed by atoms with Crippen LogP contribution in [0.25, 0.3) is 0 Å². The summed E-state index contributed by atoms with van der Waals surface area (Å²) in [4.78, 5) is 47.0. The van der Waals surface area contributed by atoms with Crippen LogP contribution < -0.4 is 10.2 Å². The molecule has 452 valence electrons. The van der Waals surface area contributed by atoms with Crippen LogP contribution in [0.1, 0.15) is 400 Å². The van der Waals surface area contributed by atoms with Gasteiger partial charge in [0.2, 0.25) is 0 Å². The van der Waals surface area contributed by atoms with Crippen LogP contribution in [-0.2, 0) is 48.1 Å². The number of carbonyl (C=O) groups excluding carboxylic acids is 4. The van der Waals surface area contributed by atoms with Gasteiger partial charge in [0.15, 0.2) is 0 Å². The molecule has 0 saturated carbocycles. The molecule has 0 heterocycles. The molecule has 0 aliphatic rings. The van der Waals surface area contributed by atoms with Crippen molar-refractivity contribution in [2.45, 2.75) is 412 Å². The zero-order valence-corrected chi connectivity index (χ0v) is 55.1. The van der Waals surface area contributed by atoms with Crippen molar-refractivity contribution in [2.24, 2.45) is 0 Å². The summed E-state index contributed by atoms with van der Waals surface area (Å²) in [6.45, 7) is 9.04. The van der Waals surface area contributed by atoms with E-state index in [0.717, 1.165) is 77.0 Å². The number of carbonyl (C=O) groups is 4. The van der Waals surface area contributed by atoms with Crippen LogP contribution in [0.15, 0.2) is 0 Å². The average Bonchev–Trinajstić information content (AvgIpc) is 3.40. The summed E-state index contributed by atoms with van der Waals surface area (Å²) in [6.07, 6.45) is 67.3. The van der Waals surface area contributed by atoms with Crippen molar-refractivity contribution in [2.75, 3.05) is 0 Å². The number of aliphatic carboxylic acids is 2. The van der Waals surface area contributed by atoms with Crippen molar-refractivity contribution in [3.8, 4) is 0 Å². The van der Waals surface area contributed by atoms with Crippen LogP contribution in [-0.4, -0.2) is 36.1 Å². The standard InChI is InChI=1S/2C34H66O4.Zn/c2*1-3-5-7-9-11-13-15-17-19-20-22-24-26-28-30-32(34(36)37)38-33(35)31-29-27-25-23-21-18-16-14-12-10-8-6-4-2;/h2*32H,3-31H2,1-2H3,(H,36,37);/q;;+2/p-2. The smallest absolute Gasteiger partial charge is 0.546 e. The van der Waals surface area contributed by atoms with Gasteiger partial charge in [-0.25, -0.2) is 0 Å². The molecule has 0 rings (SSSR count). The first kappa shape index (κ1) is 79.7. The molecule has 9 heteroatoms. The normalized spacial score (nSPS) is 11.9. The van der Waals surface area contributed by atoms with Gasteiger partial charge in [0, 0.05) is 12.8 Å². The Morgan fingerprint density at radius 2 is 0.390 bits per heavy atom. The third-order valence-corrected chi connectivity index (χ3v) is 15.7. The third kappa shape index (κ3) is 66.9. The summed E-state index contributed by atoms with van der Waals surface area (Å²) in [5.74, 6) is -3.27. The molecule has 0 aromatic carbocycles. The molecule has 0 bridgehead atoms. The molecule has 0 radical (unpaired) electrons. The van der Waals surface area contributed by atoms with Gasteiger partial charge in [-0.3, -0.25) is 9.59 Å². The van der Waals surface area contributed by atoms with Crippen LogP contribution in [0.2, 0.25) is 0 Å². The molecule has 0 amide bonds. The van der Waals surface area contributed by atoms with E-state index in [0.29, 0.717) is 25.7 Å². The van der Waals surface area contributed by atoms with Crippen LogP contribution >= 0.6 is 0 Å². The summed E-state index contributed by atoms with van der Waals surface area (Å²) in [7, 11) is 0. The van der Waals surface area contributed by atoms with Gasteiger partial charge >= 0.3 is 31.4 Å². The monoisotopic (exact) mass is 1140 g/mol. The van der Waals surface area contributed by atoms with Gasteiger partial charge in [-0.15, -0.1) is 0 Å². The molecule has 2 unspecified atom stereocenters. The van der Waals surface area contributed by atoms with Gasteiger partial charge < -0.3 is 29.3 Å². The number of rotatable bonds is 62.